The van der Waals surface area contributed by atoms with Crippen molar-refractivity contribution in [1.82, 2.24) is 10.2 Å². The number of hydrogen-bond donors (Lipinski definition) is 1. The molecule has 5 nitrogen and oxygen atoms in total. The maximum atomic E-state index is 12.6. The van der Waals surface area contributed by atoms with Gasteiger partial charge in [0.25, 0.3) is 0 Å². The molecule has 2 aromatic carbocycles. The zero-order valence-corrected chi connectivity index (χ0v) is 16.9. The minimum atomic E-state index is -0.235. The second kappa shape index (κ2) is 7.87. The lowest BCUT2D eigenvalue weighted by molar-refractivity contribution is -0.116. The molecule has 146 valence electrons. The summed E-state index contributed by atoms with van der Waals surface area (Å²) in [5, 5.41) is 3.01. The first-order chi connectivity index (χ1) is 13.6. The maximum absolute atomic E-state index is 12.6. The minimum absolute atomic E-state index is 0.0323. The molecule has 0 aromatic heterocycles. The highest BCUT2D eigenvalue weighted by molar-refractivity contribution is 8.02. The van der Waals surface area contributed by atoms with E-state index in [1.807, 2.05) is 65.3 Å². The monoisotopic (exact) mass is 395 g/mol. The molecule has 3 amide bonds. The van der Waals surface area contributed by atoms with Crippen molar-refractivity contribution < 1.29 is 9.59 Å². The van der Waals surface area contributed by atoms with E-state index in [2.05, 4.69) is 11.4 Å². The highest BCUT2D eigenvalue weighted by Crippen LogP contribution is 2.46. The van der Waals surface area contributed by atoms with E-state index in [0.717, 1.165) is 29.7 Å². The number of thioether (sulfide) groups is 1. The molecule has 4 rings (SSSR count). The van der Waals surface area contributed by atoms with Crippen LogP contribution in [0.2, 0.25) is 0 Å². The van der Waals surface area contributed by atoms with Crippen LogP contribution >= 0.6 is 11.8 Å². The first kappa shape index (κ1) is 18.9. The van der Waals surface area contributed by atoms with Crippen LogP contribution in [0.5, 0.6) is 0 Å². The summed E-state index contributed by atoms with van der Waals surface area (Å²) in [5.41, 5.74) is 3.21. The summed E-state index contributed by atoms with van der Waals surface area (Å²) < 4.78 is 0. The predicted molar refractivity (Wildman–Crippen MR) is 113 cm³/mol. The molecule has 6 heteroatoms. The lowest BCUT2D eigenvalue weighted by atomic mass is 10.0. The Kier molecular flexibility index (Phi) is 5.31. The molecular weight excluding hydrogens is 370 g/mol. The van der Waals surface area contributed by atoms with Crippen molar-refractivity contribution in [1.29, 1.82) is 0 Å². The molecular formula is C22H25N3O2S. The number of urea groups is 1. The lowest BCUT2D eigenvalue weighted by Gasteiger charge is -2.44. The quantitative estimate of drug-likeness (QED) is 0.861. The van der Waals surface area contributed by atoms with Gasteiger partial charge in [-0.05, 0) is 43.0 Å². The fourth-order valence-corrected chi connectivity index (χ4v) is 5.34. The van der Waals surface area contributed by atoms with Gasteiger partial charge in [0.15, 0.2) is 0 Å². The average molecular weight is 396 g/mol. The molecule has 2 aliphatic rings. The minimum Gasteiger partial charge on any atom is -0.334 e. The fourth-order valence-electron chi connectivity index (χ4n) is 4.01. The van der Waals surface area contributed by atoms with Gasteiger partial charge in [0.1, 0.15) is 0 Å². The summed E-state index contributed by atoms with van der Waals surface area (Å²) in [6, 6.07) is 18.0. The van der Waals surface area contributed by atoms with Gasteiger partial charge < -0.3 is 10.2 Å². The molecule has 0 unspecified atom stereocenters. The summed E-state index contributed by atoms with van der Waals surface area (Å²) in [6.07, 6.45) is 1.58. The molecule has 0 aliphatic carbocycles. The van der Waals surface area contributed by atoms with Gasteiger partial charge in [0, 0.05) is 25.3 Å². The van der Waals surface area contributed by atoms with Crippen molar-refractivity contribution in [2.75, 3.05) is 23.7 Å². The number of aryl methyl sites for hydroxylation is 1. The van der Waals surface area contributed by atoms with Crippen LogP contribution < -0.4 is 10.2 Å². The Morgan fingerprint density at radius 3 is 2.57 bits per heavy atom. The van der Waals surface area contributed by atoms with Gasteiger partial charge in [0.2, 0.25) is 5.91 Å². The predicted octanol–water partition coefficient (Wildman–Crippen LogP) is 3.78. The van der Waals surface area contributed by atoms with Gasteiger partial charge in [0.05, 0.1) is 10.6 Å². The molecule has 2 fully saturated rings. The number of nitrogens with zero attached hydrogens (tertiary/aromatic N) is 2. The molecule has 2 saturated heterocycles. The molecule has 0 bridgehead atoms. The van der Waals surface area contributed by atoms with Crippen LogP contribution in [-0.4, -0.2) is 40.6 Å². The van der Waals surface area contributed by atoms with Crippen molar-refractivity contribution in [3.8, 4) is 0 Å². The van der Waals surface area contributed by atoms with Gasteiger partial charge in [-0.15, -0.1) is 11.8 Å². The van der Waals surface area contributed by atoms with E-state index in [0.29, 0.717) is 25.4 Å². The normalized spacial score (nSPS) is 18.5. The van der Waals surface area contributed by atoms with Crippen LogP contribution in [0.15, 0.2) is 54.6 Å². The number of anilines is 1. The first-order valence-electron chi connectivity index (χ1n) is 9.68. The second-order valence-electron chi connectivity index (χ2n) is 7.43. The Labute approximate surface area is 170 Å². The van der Waals surface area contributed by atoms with Gasteiger partial charge in [-0.1, -0.05) is 42.5 Å². The van der Waals surface area contributed by atoms with Crippen molar-refractivity contribution in [2.45, 2.75) is 31.2 Å². The largest absolute Gasteiger partial charge is 0.334 e. The summed E-state index contributed by atoms with van der Waals surface area (Å²) in [6.45, 7) is 3.89. The standard InChI is InChI=1S/C22H25N3O2S/c1-17-6-5-9-19(14-17)25-20(26)16-28-22(25)10-12-24(13-11-22)21(27)23-15-18-7-3-2-4-8-18/h2-9,14H,10-13,15-16H2,1H3,(H,23,27). The number of benzene rings is 2. The number of piperidine rings is 1. The number of likely N-dealkylation sites (tertiary alicyclic amines) is 1. The summed E-state index contributed by atoms with van der Waals surface area (Å²) >= 11 is 1.72. The summed E-state index contributed by atoms with van der Waals surface area (Å²) in [7, 11) is 0. The Balaban J connectivity index is 1.41. The van der Waals surface area contributed by atoms with Gasteiger partial charge in [-0.2, -0.15) is 0 Å². The van der Waals surface area contributed by atoms with Gasteiger partial charge in [-0.3, -0.25) is 9.69 Å². The van der Waals surface area contributed by atoms with Crippen molar-refractivity contribution >= 4 is 29.4 Å². The van der Waals surface area contributed by atoms with Gasteiger partial charge in [-0.25, -0.2) is 4.79 Å². The van der Waals surface area contributed by atoms with E-state index in [1.54, 1.807) is 11.8 Å². The topological polar surface area (TPSA) is 52.7 Å². The lowest BCUT2D eigenvalue weighted by Crippen LogP contribution is -2.54. The van der Waals surface area contributed by atoms with Crippen LogP contribution in [0.4, 0.5) is 10.5 Å². The third kappa shape index (κ3) is 3.74. The molecule has 2 aromatic rings. The summed E-state index contributed by atoms with van der Waals surface area (Å²) in [4.78, 5) is 28.8. The molecule has 0 radical (unpaired) electrons. The third-order valence-corrected chi connectivity index (χ3v) is 7.02. The van der Waals surface area contributed by atoms with Crippen LogP contribution in [0.3, 0.4) is 0 Å². The molecule has 1 N–H and O–H groups in total. The number of carbonyl (C=O) groups excluding carboxylic acids is 2. The Bertz CT molecular complexity index is 863. The molecule has 2 heterocycles. The SMILES string of the molecule is Cc1cccc(N2C(=O)CSC23CCN(C(=O)NCc2ccccc2)CC3)c1. The van der Waals surface area contributed by atoms with Crippen LogP contribution in [0.25, 0.3) is 0 Å². The average Bonchev–Trinajstić information content (AvgIpc) is 3.03. The number of carbonyl (C=O) groups is 2. The van der Waals surface area contributed by atoms with E-state index in [4.69, 9.17) is 0 Å². The first-order valence-corrected chi connectivity index (χ1v) is 10.7. The Morgan fingerprint density at radius 2 is 1.86 bits per heavy atom. The van der Waals surface area contributed by atoms with Crippen LogP contribution in [0, 0.1) is 6.92 Å². The molecule has 2 aliphatic heterocycles. The zero-order chi connectivity index (χ0) is 19.6. The van der Waals surface area contributed by atoms with Crippen molar-refractivity contribution in [3.63, 3.8) is 0 Å². The maximum Gasteiger partial charge on any atom is 0.317 e. The van der Waals surface area contributed by atoms with Gasteiger partial charge >= 0.3 is 6.03 Å². The van der Waals surface area contributed by atoms with Crippen LogP contribution in [-0.2, 0) is 11.3 Å². The zero-order valence-electron chi connectivity index (χ0n) is 16.1. The number of hydrogen-bond acceptors (Lipinski definition) is 3. The summed E-state index contributed by atoms with van der Waals surface area (Å²) in [5.74, 6) is 0.673. The molecule has 0 saturated carbocycles. The molecule has 0 atom stereocenters. The highest BCUT2D eigenvalue weighted by Gasteiger charge is 2.49. The fraction of sp³-hybridized carbons (Fsp3) is 0.364. The highest BCUT2D eigenvalue weighted by atomic mass is 32.2. The van der Waals surface area contributed by atoms with Crippen molar-refractivity contribution in [3.05, 3.63) is 65.7 Å². The molecule has 28 heavy (non-hydrogen) atoms. The van der Waals surface area contributed by atoms with E-state index in [9.17, 15) is 9.59 Å². The van der Waals surface area contributed by atoms with E-state index < -0.39 is 0 Å². The van der Waals surface area contributed by atoms with E-state index in [-0.39, 0.29) is 16.8 Å². The number of amides is 3. The molecule has 1 spiro atoms. The van der Waals surface area contributed by atoms with Crippen molar-refractivity contribution in [2.24, 2.45) is 0 Å². The smallest absolute Gasteiger partial charge is 0.317 e. The van der Waals surface area contributed by atoms with E-state index >= 15 is 0 Å². The Morgan fingerprint density at radius 1 is 1.11 bits per heavy atom. The van der Waals surface area contributed by atoms with E-state index in [1.165, 1.54) is 0 Å². The Hall–Kier alpha value is -2.47. The number of nitrogens with one attached hydrogen (secondary N) is 1. The second-order valence-corrected chi connectivity index (χ2v) is 8.77. The number of rotatable bonds is 3. The third-order valence-electron chi connectivity index (χ3n) is 5.50. The van der Waals surface area contributed by atoms with Crippen LogP contribution in [0.1, 0.15) is 24.0 Å².